The van der Waals surface area contributed by atoms with Gasteiger partial charge in [-0.3, -0.25) is 4.79 Å². The van der Waals surface area contributed by atoms with E-state index in [0.29, 0.717) is 29.0 Å². The number of benzene rings is 3. The van der Waals surface area contributed by atoms with Crippen molar-refractivity contribution < 1.29 is 19.4 Å². The van der Waals surface area contributed by atoms with Crippen LogP contribution in [0.1, 0.15) is 59.3 Å². The second kappa shape index (κ2) is 11.2. The second-order valence-electron chi connectivity index (χ2n) is 9.33. The first-order chi connectivity index (χ1) is 17.8. The van der Waals surface area contributed by atoms with E-state index in [1.54, 1.807) is 20.1 Å². The molecule has 0 saturated heterocycles. The van der Waals surface area contributed by atoms with Gasteiger partial charge < -0.3 is 25.3 Å². The number of primary amides is 1. The fourth-order valence-corrected chi connectivity index (χ4v) is 4.51. The van der Waals surface area contributed by atoms with Crippen molar-refractivity contribution in [2.24, 2.45) is 5.73 Å². The van der Waals surface area contributed by atoms with Crippen LogP contribution in [0.4, 0.5) is 0 Å². The standard InChI is InChI=1S/C31H32N2O4/c1-19(2)37-30-26(25(20(3)34)17-23-18-33-28-11-7-6-10-24(23)28)15-21(16-27(30)31(32)35)13-14-22-9-5-8-12-29(22)36-4/h5-12,15-16,18-20,25,33-34H,17H2,1-4H3,(H2,32,35)/t20?,25-/m0/s1. The average molecular weight is 497 g/mol. The maximum Gasteiger partial charge on any atom is 0.252 e. The van der Waals surface area contributed by atoms with Gasteiger partial charge in [0.25, 0.3) is 5.91 Å². The molecular weight excluding hydrogens is 464 g/mol. The van der Waals surface area contributed by atoms with E-state index in [1.807, 2.05) is 68.6 Å². The van der Waals surface area contributed by atoms with E-state index >= 15 is 0 Å². The number of hydrogen-bond acceptors (Lipinski definition) is 4. The van der Waals surface area contributed by atoms with Crippen LogP contribution in [0.25, 0.3) is 10.9 Å². The Kier molecular flexibility index (Phi) is 7.86. The molecule has 0 spiro atoms. The maximum atomic E-state index is 12.6. The van der Waals surface area contributed by atoms with Gasteiger partial charge in [0, 0.05) is 34.1 Å². The second-order valence-corrected chi connectivity index (χ2v) is 9.33. The molecule has 4 rings (SSSR count). The van der Waals surface area contributed by atoms with Crippen molar-refractivity contribution in [3.63, 3.8) is 0 Å². The summed E-state index contributed by atoms with van der Waals surface area (Å²) in [7, 11) is 1.60. The van der Waals surface area contributed by atoms with Crippen molar-refractivity contribution in [2.75, 3.05) is 7.11 Å². The summed E-state index contributed by atoms with van der Waals surface area (Å²) in [5, 5.41) is 12.0. The van der Waals surface area contributed by atoms with Gasteiger partial charge in [0.15, 0.2) is 0 Å². The number of aromatic amines is 1. The number of rotatable bonds is 8. The number of aliphatic hydroxyl groups is 1. The Balaban J connectivity index is 1.87. The summed E-state index contributed by atoms with van der Waals surface area (Å²) in [6, 6.07) is 19.0. The van der Waals surface area contributed by atoms with Gasteiger partial charge in [-0.05, 0) is 63.1 Å². The molecule has 4 N–H and O–H groups in total. The van der Waals surface area contributed by atoms with Gasteiger partial charge in [0.05, 0.1) is 30.4 Å². The van der Waals surface area contributed by atoms with Crippen molar-refractivity contribution in [1.29, 1.82) is 0 Å². The molecular formula is C31H32N2O4. The molecule has 2 atom stereocenters. The molecule has 0 aliphatic heterocycles. The Morgan fingerprint density at radius 3 is 2.49 bits per heavy atom. The van der Waals surface area contributed by atoms with Crippen LogP contribution in [0.5, 0.6) is 11.5 Å². The molecule has 1 heterocycles. The topological polar surface area (TPSA) is 97.6 Å². The summed E-state index contributed by atoms with van der Waals surface area (Å²) in [6.07, 6.45) is 1.55. The number of H-pyrrole nitrogens is 1. The Morgan fingerprint density at radius 1 is 1.05 bits per heavy atom. The summed E-state index contributed by atoms with van der Waals surface area (Å²) >= 11 is 0. The minimum atomic E-state index is -0.735. The smallest absolute Gasteiger partial charge is 0.252 e. The lowest BCUT2D eigenvalue weighted by Crippen LogP contribution is -2.22. The summed E-state index contributed by atoms with van der Waals surface area (Å²) in [4.78, 5) is 15.9. The average Bonchev–Trinajstić information content (AvgIpc) is 3.29. The zero-order valence-corrected chi connectivity index (χ0v) is 21.5. The number of nitrogens with two attached hydrogens (primary N) is 1. The summed E-state index contributed by atoms with van der Waals surface area (Å²) in [5.74, 6) is 6.34. The lowest BCUT2D eigenvalue weighted by molar-refractivity contribution is 0.0992. The Bertz CT molecular complexity index is 1470. The predicted octanol–water partition coefficient (Wildman–Crippen LogP) is 5.17. The molecule has 3 aromatic carbocycles. The van der Waals surface area contributed by atoms with E-state index in [1.165, 1.54) is 0 Å². The van der Waals surface area contributed by atoms with Crippen LogP contribution < -0.4 is 15.2 Å². The lowest BCUT2D eigenvalue weighted by Gasteiger charge is -2.26. The minimum Gasteiger partial charge on any atom is -0.495 e. The lowest BCUT2D eigenvalue weighted by atomic mass is 9.85. The normalized spacial score (nSPS) is 12.6. The monoisotopic (exact) mass is 496 g/mol. The van der Waals surface area contributed by atoms with Gasteiger partial charge in [0.2, 0.25) is 0 Å². The molecule has 6 heteroatoms. The van der Waals surface area contributed by atoms with E-state index in [4.69, 9.17) is 15.2 Å². The van der Waals surface area contributed by atoms with Crippen LogP contribution >= 0.6 is 0 Å². The number of carbonyl (C=O) groups excluding carboxylic acids is 1. The molecule has 0 aliphatic carbocycles. The van der Waals surface area contributed by atoms with Gasteiger partial charge in [-0.1, -0.05) is 42.2 Å². The SMILES string of the molecule is COc1ccccc1C#Cc1cc(C(N)=O)c(OC(C)C)c([C@@H](Cc2c[nH]c3ccccc23)C(C)O)c1. The van der Waals surface area contributed by atoms with Crippen molar-refractivity contribution >= 4 is 16.8 Å². The summed E-state index contributed by atoms with van der Waals surface area (Å²) in [5.41, 5.74) is 10.1. The van der Waals surface area contributed by atoms with E-state index in [0.717, 1.165) is 22.0 Å². The number of amides is 1. The fraction of sp³-hybridized carbons (Fsp3) is 0.258. The highest BCUT2D eigenvalue weighted by Gasteiger charge is 2.27. The first kappa shape index (κ1) is 25.9. The van der Waals surface area contributed by atoms with E-state index in [9.17, 15) is 9.90 Å². The molecule has 0 radical (unpaired) electrons. The van der Waals surface area contributed by atoms with Crippen LogP contribution in [-0.4, -0.2) is 35.3 Å². The van der Waals surface area contributed by atoms with E-state index in [2.05, 4.69) is 22.9 Å². The highest BCUT2D eigenvalue weighted by Crippen LogP contribution is 2.37. The highest BCUT2D eigenvalue weighted by molar-refractivity contribution is 5.96. The Labute approximate surface area is 217 Å². The molecule has 0 bridgehead atoms. The third kappa shape index (κ3) is 5.79. The maximum absolute atomic E-state index is 12.6. The fourth-order valence-electron chi connectivity index (χ4n) is 4.51. The van der Waals surface area contributed by atoms with Gasteiger partial charge in [-0.2, -0.15) is 0 Å². The van der Waals surface area contributed by atoms with E-state index in [-0.39, 0.29) is 17.6 Å². The van der Waals surface area contributed by atoms with Crippen LogP contribution in [-0.2, 0) is 6.42 Å². The highest BCUT2D eigenvalue weighted by atomic mass is 16.5. The van der Waals surface area contributed by atoms with Gasteiger partial charge in [-0.25, -0.2) is 0 Å². The molecule has 0 saturated carbocycles. The molecule has 190 valence electrons. The zero-order valence-electron chi connectivity index (χ0n) is 21.5. The molecule has 0 aliphatic rings. The van der Waals surface area contributed by atoms with Crippen LogP contribution in [0.2, 0.25) is 0 Å². The number of hydrogen-bond donors (Lipinski definition) is 3. The molecule has 4 aromatic rings. The van der Waals surface area contributed by atoms with E-state index < -0.39 is 12.0 Å². The number of ether oxygens (including phenoxy) is 2. The summed E-state index contributed by atoms with van der Waals surface area (Å²) < 4.78 is 11.6. The Morgan fingerprint density at radius 2 is 1.78 bits per heavy atom. The van der Waals surface area contributed by atoms with Crippen LogP contribution in [0.15, 0.2) is 66.9 Å². The molecule has 1 unspecified atom stereocenters. The minimum absolute atomic E-state index is 0.204. The number of aromatic nitrogens is 1. The number of aliphatic hydroxyl groups excluding tert-OH is 1. The number of methoxy groups -OCH3 is 1. The third-order valence-corrected chi connectivity index (χ3v) is 6.28. The Hall–Kier alpha value is -4.21. The van der Waals surface area contributed by atoms with Crippen LogP contribution in [0, 0.1) is 11.8 Å². The van der Waals surface area contributed by atoms with Gasteiger partial charge >= 0.3 is 0 Å². The van der Waals surface area contributed by atoms with Crippen molar-refractivity contribution in [2.45, 2.75) is 45.3 Å². The predicted molar refractivity (Wildman–Crippen MR) is 146 cm³/mol. The van der Waals surface area contributed by atoms with Crippen molar-refractivity contribution in [3.05, 3.63) is 94.7 Å². The van der Waals surface area contributed by atoms with Crippen LogP contribution in [0.3, 0.4) is 0 Å². The molecule has 1 aromatic heterocycles. The number of carbonyl (C=O) groups is 1. The van der Waals surface area contributed by atoms with Gasteiger partial charge in [0.1, 0.15) is 11.5 Å². The zero-order chi connectivity index (χ0) is 26.5. The van der Waals surface area contributed by atoms with Crippen molar-refractivity contribution in [3.8, 4) is 23.3 Å². The summed E-state index contributed by atoms with van der Waals surface area (Å²) in [6.45, 7) is 5.53. The molecule has 37 heavy (non-hydrogen) atoms. The number of para-hydroxylation sites is 2. The first-order valence-electron chi connectivity index (χ1n) is 12.3. The molecule has 6 nitrogen and oxygen atoms in total. The van der Waals surface area contributed by atoms with Crippen molar-refractivity contribution in [1.82, 2.24) is 4.98 Å². The van der Waals surface area contributed by atoms with Gasteiger partial charge in [-0.15, -0.1) is 0 Å². The molecule has 1 amide bonds. The first-order valence-corrected chi connectivity index (χ1v) is 12.3. The molecule has 0 fully saturated rings. The quantitative estimate of drug-likeness (QED) is 0.293. The third-order valence-electron chi connectivity index (χ3n) is 6.28. The largest absolute Gasteiger partial charge is 0.495 e. The number of fused-ring (bicyclic) bond motifs is 1. The number of nitrogens with one attached hydrogen (secondary N) is 1.